The topological polar surface area (TPSA) is 71.1 Å². The summed E-state index contributed by atoms with van der Waals surface area (Å²) in [5.41, 5.74) is 1.16. The molecule has 0 aliphatic carbocycles. The van der Waals surface area contributed by atoms with E-state index in [1.165, 1.54) is 11.1 Å². The van der Waals surface area contributed by atoms with Gasteiger partial charge in [-0.1, -0.05) is 20.8 Å². The average Bonchev–Trinajstić information content (AvgIpc) is 2.69. The zero-order valence-corrected chi connectivity index (χ0v) is 15.4. The Morgan fingerprint density at radius 1 is 1.29 bits per heavy atom. The highest BCUT2D eigenvalue weighted by atomic mass is 32.2. The number of aryl methyl sites for hydroxylation is 1. The summed E-state index contributed by atoms with van der Waals surface area (Å²) in [6, 6.07) is 0.233. The van der Waals surface area contributed by atoms with E-state index in [1.807, 2.05) is 6.92 Å². The van der Waals surface area contributed by atoms with E-state index < -0.39 is 10.0 Å². The summed E-state index contributed by atoms with van der Waals surface area (Å²) in [4.78, 5) is 5.93. The molecule has 0 aliphatic heterocycles. The normalized spacial score (nSPS) is 14.4. The summed E-state index contributed by atoms with van der Waals surface area (Å²) in [6.07, 6.45) is 1.94. The molecule has 7 heteroatoms. The Morgan fingerprint density at radius 3 is 2.38 bits per heavy atom. The van der Waals surface area contributed by atoms with Gasteiger partial charge in [-0.2, -0.15) is 0 Å². The van der Waals surface area contributed by atoms with Crippen LogP contribution in [0.3, 0.4) is 0 Å². The molecule has 0 aliphatic rings. The van der Waals surface area contributed by atoms with E-state index in [1.54, 1.807) is 11.3 Å². The highest BCUT2D eigenvalue weighted by Gasteiger charge is 2.22. The molecule has 0 spiro atoms. The van der Waals surface area contributed by atoms with Crippen LogP contribution in [0, 0.1) is 6.92 Å². The maximum Gasteiger partial charge on any atom is 0.208 e. The Morgan fingerprint density at radius 2 is 1.90 bits per heavy atom. The van der Waals surface area contributed by atoms with Crippen molar-refractivity contribution in [1.82, 2.24) is 15.0 Å². The third kappa shape index (κ3) is 6.42. The van der Waals surface area contributed by atoms with Crippen LogP contribution in [0.5, 0.6) is 0 Å². The predicted molar refractivity (Wildman–Crippen MR) is 89.4 cm³/mol. The van der Waals surface area contributed by atoms with E-state index in [4.69, 9.17) is 0 Å². The Hall–Kier alpha value is -0.500. The number of aromatic nitrogens is 1. The second-order valence-electron chi connectivity index (χ2n) is 6.41. The lowest BCUT2D eigenvalue weighted by molar-refractivity contribution is 0.551. The van der Waals surface area contributed by atoms with Crippen LogP contribution in [0.4, 0.5) is 0 Å². The molecule has 0 bridgehead atoms. The maximum absolute atomic E-state index is 11.0. The van der Waals surface area contributed by atoms with Gasteiger partial charge < -0.3 is 5.32 Å². The molecule has 0 fully saturated rings. The highest BCUT2D eigenvalue weighted by Crippen LogP contribution is 2.32. The smallest absolute Gasteiger partial charge is 0.208 e. The molecule has 1 unspecified atom stereocenters. The fourth-order valence-corrected chi connectivity index (χ4v) is 3.55. The average molecular weight is 334 g/mol. The molecule has 0 saturated heterocycles. The van der Waals surface area contributed by atoms with Gasteiger partial charge in [-0.3, -0.25) is 0 Å². The summed E-state index contributed by atoms with van der Waals surface area (Å²) < 4.78 is 24.4. The fraction of sp³-hybridized carbons (Fsp3) is 0.786. The minimum Gasteiger partial charge on any atom is -0.309 e. The molecular weight excluding hydrogens is 306 g/mol. The molecule has 21 heavy (non-hydrogen) atoms. The van der Waals surface area contributed by atoms with Gasteiger partial charge in [0.25, 0.3) is 0 Å². The molecule has 0 amide bonds. The molecular formula is C14H27N3O2S2. The molecule has 1 aromatic rings. The lowest BCUT2D eigenvalue weighted by Gasteiger charge is -2.14. The van der Waals surface area contributed by atoms with Crippen molar-refractivity contribution in [3.8, 4) is 0 Å². The zero-order chi connectivity index (χ0) is 16.3. The van der Waals surface area contributed by atoms with Gasteiger partial charge in [-0.15, -0.1) is 11.3 Å². The van der Waals surface area contributed by atoms with E-state index in [0.717, 1.165) is 23.7 Å². The van der Waals surface area contributed by atoms with Crippen LogP contribution in [-0.4, -0.2) is 32.7 Å². The van der Waals surface area contributed by atoms with Crippen LogP contribution in [0.15, 0.2) is 0 Å². The number of nitrogens with one attached hydrogen (secondary N) is 2. The zero-order valence-electron chi connectivity index (χ0n) is 13.8. The second-order valence-corrected chi connectivity index (χ2v) is 9.28. The molecule has 0 radical (unpaired) electrons. The molecule has 0 saturated carbocycles. The van der Waals surface area contributed by atoms with Crippen molar-refractivity contribution in [3.63, 3.8) is 0 Å². The van der Waals surface area contributed by atoms with E-state index in [9.17, 15) is 8.42 Å². The number of hydrogen-bond acceptors (Lipinski definition) is 5. The lowest BCUT2D eigenvalue weighted by Crippen LogP contribution is -2.27. The quantitative estimate of drug-likeness (QED) is 0.751. The second kappa shape index (κ2) is 7.17. The Kier molecular flexibility index (Phi) is 6.34. The third-order valence-electron chi connectivity index (χ3n) is 3.04. The highest BCUT2D eigenvalue weighted by molar-refractivity contribution is 7.88. The largest absolute Gasteiger partial charge is 0.309 e. The van der Waals surface area contributed by atoms with Crippen molar-refractivity contribution >= 4 is 21.4 Å². The Balaban J connectivity index is 2.49. The van der Waals surface area contributed by atoms with Crippen LogP contribution < -0.4 is 10.0 Å². The van der Waals surface area contributed by atoms with Gasteiger partial charge in [-0.25, -0.2) is 18.1 Å². The molecule has 1 aromatic heterocycles. The van der Waals surface area contributed by atoms with Crippen molar-refractivity contribution in [2.45, 2.75) is 52.5 Å². The maximum atomic E-state index is 11.0. The monoisotopic (exact) mass is 333 g/mol. The Labute approximate surface area is 132 Å². The van der Waals surface area contributed by atoms with Crippen molar-refractivity contribution < 1.29 is 8.42 Å². The van der Waals surface area contributed by atoms with Gasteiger partial charge >= 0.3 is 0 Å². The number of thiazole rings is 1. The standard InChI is InChI=1S/C14H27N3O2S2/c1-10(15-8-7-9-16-21(6,18)19)12-11(2)17-13(20-12)14(3,4)5/h10,15-16H,7-9H2,1-6H3. The predicted octanol–water partition coefficient (Wildman–Crippen LogP) is 2.34. The summed E-state index contributed by atoms with van der Waals surface area (Å²) in [5.74, 6) is 0. The number of rotatable bonds is 7. The van der Waals surface area contributed by atoms with Crippen molar-refractivity contribution in [3.05, 3.63) is 15.6 Å². The fourth-order valence-electron chi connectivity index (χ4n) is 1.89. The summed E-state index contributed by atoms with van der Waals surface area (Å²) in [7, 11) is -3.08. The number of nitrogens with zero attached hydrogens (tertiary/aromatic N) is 1. The van der Waals surface area contributed by atoms with Crippen LogP contribution in [0.1, 0.15) is 55.7 Å². The van der Waals surface area contributed by atoms with E-state index >= 15 is 0 Å². The first-order valence-electron chi connectivity index (χ1n) is 7.16. The SMILES string of the molecule is Cc1nc(C(C)(C)C)sc1C(C)NCCCNS(C)(=O)=O. The van der Waals surface area contributed by atoms with Gasteiger partial charge in [0, 0.05) is 22.9 Å². The van der Waals surface area contributed by atoms with Gasteiger partial charge in [0.15, 0.2) is 0 Å². The van der Waals surface area contributed by atoms with Crippen LogP contribution in [0.25, 0.3) is 0 Å². The van der Waals surface area contributed by atoms with Crippen molar-refractivity contribution in [2.75, 3.05) is 19.3 Å². The summed E-state index contributed by atoms with van der Waals surface area (Å²) >= 11 is 1.76. The van der Waals surface area contributed by atoms with E-state index in [-0.39, 0.29) is 11.5 Å². The van der Waals surface area contributed by atoms with Crippen molar-refractivity contribution in [2.24, 2.45) is 0 Å². The molecule has 5 nitrogen and oxygen atoms in total. The van der Waals surface area contributed by atoms with Crippen LogP contribution in [-0.2, 0) is 15.4 Å². The molecule has 1 atom stereocenters. The number of sulfonamides is 1. The summed E-state index contributed by atoms with van der Waals surface area (Å²) in [5, 5.41) is 4.58. The first kappa shape index (κ1) is 18.5. The van der Waals surface area contributed by atoms with E-state index in [0.29, 0.717) is 6.54 Å². The Bertz CT molecular complexity index is 559. The molecule has 0 aromatic carbocycles. The van der Waals surface area contributed by atoms with Gasteiger partial charge in [-0.05, 0) is 26.8 Å². The molecule has 1 heterocycles. The number of hydrogen-bond donors (Lipinski definition) is 2. The third-order valence-corrected chi connectivity index (χ3v) is 5.53. The van der Waals surface area contributed by atoms with Gasteiger partial charge in [0.1, 0.15) is 0 Å². The first-order chi connectivity index (χ1) is 9.50. The molecule has 1 rings (SSSR count). The van der Waals surface area contributed by atoms with Crippen LogP contribution >= 0.6 is 11.3 Å². The lowest BCUT2D eigenvalue weighted by atomic mass is 9.98. The minimum absolute atomic E-state index is 0.0762. The van der Waals surface area contributed by atoms with Crippen molar-refractivity contribution in [1.29, 1.82) is 0 Å². The molecule has 2 N–H and O–H groups in total. The summed E-state index contributed by atoms with van der Waals surface area (Å²) in [6.45, 7) is 11.9. The van der Waals surface area contributed by atoms with Crippen LogP contribution in [0.2, 0.25) is 0 Å². The molecule has 122 valence electrons. The first-order valence-corrected chi connectivity index (χ1v) is 9.87. The van der Waals surface area contributed by atoms with Gasteiger partial charge in [0.05, 0.1) is 17.0 Å². The van der Waals surface area contributed by atoms with E-state index in [2.05, 4.69) is 42.7 Å². The minimum atomic E-state index is -3.08. The van der Waals surface area contributed by atoms with Gasteiger partial charge in [0.2, 0.25) is 10.0 Å².